The van der Waals surface area contributed by atoms with Crippen LogP contribution in [0.5, 0.6) is 0 Å². The van der Waals surface area contributed by atoms with Crippen molar-refractivity contribution in [2.75, 3.05) is 7.05 Å². The molecule has 64 valence electrons. The molecule has 11 heavy (non-hydrogen) atoms. The highest BCUT2D eigenvalue weighted by Crippen LogP contribution is 2.56. The molecule has 1 N–H and O–H groups in total. The molecule has 2 rings (SSSR count). The molecule has 0 aromatic carbocycles. The normalized spacial score (nSPS) is 43.6. The van der Waals surface area contributed by atoms with Crippen LogP contribution in [0.3, 0.4) is 0 Å². The smallest absolute Gasteiger partial charge is 0.00924 e. The van der Waals surface area contributed by atoms with Gasteiger partial charge >= 0.3 is 0 Å². The van der Waals surface area contributed by atoms with Crippen molar-refractivity contribution in [2.45, 2.75) is 38.6 Å². The van der Waals surface area contributed by atoms with Crippen LogP contribution >= 0.6 is 0 Å². The molecule has 2 saturated carbocycles. The lowest BCUT2D eigenvalue weighted by atomic mass is 9.93. The first kappa shape index (κ1) is 7.60. The average Bonchev–Trinajstić information content (AvgIpc) is 2.70. The SMILES string of the molecule is CCC(NC)C1CCC2CC21. The molecule has 1 heteroatoms. The fraction of sp³-hybridized carbons (Fsp3) is 1.00. The third-order valence-corrected chi connectivity index (χ3v) is 3.73. The van der Waals surface area contributed by atoms with Crippen LogP contribution in [0.4, 0.5) is 0 Å². The van der Waals surface area contributed by atoms with Crippen molar-refractivity contribution in [1.82, 2.24) is 5.32 Å². The minimum atomic E-state index is 0.812. The van der Waals surface area contributed by atoms with Crippen LogP contribution in [0, 0.1) is 17.8 Å². The molecule has 0 saturated heterocycles. The third-order valence-electron chi connectivity index (χ3n) is 3.73. The summed E-state index contributed by atoms with van der Waals surface area (Å²) in [6, 6.07) is 0.812. The zero-order valence-electron chi connectivity index (χ0n) is 7.64. The number of rotatable bonds is 3. The predicted octanol–water partition coefficient (Wildman–Crippen LogP) is 2.03. The van der Waals surface area contributed by atoms with E-state index in [9.17, 15) is 0 Å². The quantitative estimate of drug-likeness (QED) is 0.654. The molecule has 0 aromatic heterocycles. The Balaban J connectivity index is 1.92. The second-order valence-electron chi connectivity index (χ2n) is 4.20. The van der Waals surface area contributed by atoms with Crippen molar-refractivity contribution in [2.24, 2.45) is 17.8 Å². The fourth-order valence-corrected chi connectivity index (χ4v) is 2.97. The highest BCUT2D eigenvalue weighted by atomic mass is 14.9. The molecular formula is C10H19N. The average molecular weight is 153 g/mol. The molecule has 4 unspecified atom stereocenters. The van der Waals surface area contributed by atoms with Crippen LogP contribution < -0.4 is 5.32 Å². The van der Waals surface area contributed by atoms with Gasteiger partial charge in [-0.05, 0) is 50.5 Å². The number of hydrogen-bond donors (Lipinski definition) is 1. The summed E-state index contributed by atoms with van der Waals surface area (Å²) in [4.78, 5) is 0. The maximum atomic E-state index is 3.45. The highest BCUT2D eigenvalue weighted by Gasteiger charge is 2.49. The molecule has 2 aliphatic rings. The van der Waals surface area contributed by atoms with Crippen LogP contribution in [0.25, 0.3) is 0 Å². The Labute approximate surface area is 69.6 Å². The Morgan fingerprint density at radius 2 is 2.27 bits per heavy atom. The van der Waals surface area contributed by atoms with Crippen LogP contribution in [-0.4, -0.2) is 13.1 Å². The molecule has 0 heterocycles. The van der Waals surface area contributed by atoms with Gasteiger partial charge in [-0.3, -0.25) is 0 Å². The lowest BCUT2D eigenvalue weighted by Gasteiger charge is -2.22. The van der Waals surface area contributed by atoms with Crippen molar-refractivity contribution in [1.29, 1.82) is 0 Å². The van der Waals surface area contributed by atoms with Crippen molar-refractivity contribution in [3.8, 4) is 0 Å². The summed E-state index contributed by atoms with van der Waals surface area (Å²) in [7, 11) is 2.11. The van der Waals surface area contributed by atoms with Gasteiger partial charge in [-0.2, -0.15) is 0 Å². The van der Waals surface area contributed by atoms with Gasteiger partial charge in [-0.15, -0.1) is 0 Å². The van der Waals surface area contributed by atoms with Gasteiger partial charge in [0.25, 0.3) is 0 Å². The first-order valence-corrected chi connectivity index (χ1v) is 5.04. The van der Waals surface area contributed by atoms with Crippen molar-refractivity contribution >= 4 is 0 Å². The summed E-state index contributed by atoms with van der Waals surface area (Å²) in [6.07, 6.45) is 5.87. The van der Waals surface area contributed by atoms with Gasteiger partial charge in [0.15, 0.2) is 0 Å². The Hall–Kier alpha value is -0.0400. The maximum absolute atomic E-state index is 3.45. The van der Waals surface area contributed by atoms with Crippen LogP contribution in [0.15, 0.2) is 0 Å². The van der Waals surface area contributed by atoms with Gasteiger partial charge in [-0.25, -0.2) is 0 Å². The molecule has 0 bridgehead atoms. The van der Waals surface area contributed by atoms with Gasteiger partial charge in [0.1, 0.15) is 0 Å². The van der Waals surface area contributed by atoms with Crippen molar-refractivity contribution < 1.29 is 0 Å². The fourth-order valence-electron chi connectivity index (χ4n) is 2.97. The summed E-state index contributed by atoms with van der Waals surface area (Å²) in [5, 5.41) is 3.45. The van der Waals surface area contributed by atoms with Crippen molar-refractivity contribution in [3.05, 3.63) is 0 Å². The van der Waals surface area contributed by atoms with E-state index in [1.165, 1.54) is 19.3 Å². The van der Waals surface area contributed by atoms with Crippen LogP contribution in [0.1, 0.15) is 32.6 Å². The van der Waals surface area contributed by atoms with E-state index in [2.05, 4.69) is 19.3 Å². The summed E-state index contributed by atoms with van der Waals surface area (Å²) in [6.45, 7) is 2.30. The van der Waals surface area contributed by atoms with E-state index in [1.54, 1.807) is 6.42 Å². The topological polar surface area (TPSA) is 12.0 Å². The molecule has 0 aliphatic heterocycles. The van der Waals surface area contributed by atoms with Crippen LogP contribution in [-0.2, 0) is 0 Å². The van der Waals surface area contributed by atoms with Gasteiger partial charge < -0.3 is 5.32 Å². The molecule has 4 atom stereocenters. The Morgan fingerprint density at radius 1 is 1.45 bits per heavy atom. The van der Waals surface area contributed by atoms with Crippen molar-refractivity contribution in [3.63, 3.8) is 0 Å². The molecule has 0 spiro atoms. The number of hydrogen-bond acceptors (Lipinski definition) is 1. The van der Waals surface area contributed by atoms with E-state index in [0.29, 0.717) is 0 Å². The Morgan fingerprint density at radius 3 is 2.64 bits per heavy atom. The predicted molar refractivity (Wildman–Crippen MR) is 47.5 cm³/mol. The van der Waals surface area contributed by atoms with E-state index in [0.717, 1.165) is 23.8 Å². The number of nitrogens with one attached hydrogen (secondary N) is 1. The largest absolute Gasteiger partial charge is 0.317 e. The Kier molecular flexibility index (Phi) is 1.92. The van der Waals surface area contributed by atoms with E-state index in [1.807, 2.05) is 0 Å². The second-order valence-corrected chi connectivity index (χ2v) is 4.20. The molecule has 2 aliphatic carbocycles. The minimum absolute atomic E-state index is 0.812. The van der Waals surface area contributed by atoms with E-state index in [-0.39, 0.29) is 0 Å². The second kappa shape index (κ2) is 2.78. The monoisotopic (exact) mass is 153 g/mol. The maximum Gasteiger partial charge on any atom is 0.00924 e. The number of fused-ring (bicyclic) bond motifs is 1. The zero-order valence-corrected chi connectivity index (χ0v) is 7.64. The summed E-state index contributed by atoms with van der Waals surface area (Å²) in [5.74, 6) is 3.28. The third kappa shape index (κ3) is 1.20. The van der Waals surface area contributed by atoms with Gasteiger partial charge in [0.05, 0.1) is 0 Å². The lowest BCUT2D eigenvalue weighted by Crippen LogP contribution is -2.32. The lowest BCUT2D eigenvalue weighted by molar-refractivity contribution is 0.335. The van der Waals surface area contributed by atoms with E-state index >= 15 is 0 Å². The standard InChI is InChI=1S/C10H19N/c1-3-10(11-2)8-5-4-7-6-9(7)8/h7-11H,3-6H2,1-2H3. The zero-order chi connectivity index (χ0) is 7.84. The van der Waals surface area contributed by atoms with E-state index < -0.39 is 0 Å². The molecule has 0 amide bonds. The van der Waals surface area contributed by atoms with Gasteiger partial charge in [-0.1, -0.05) is 6.92 Å². The van der Waals surface area contributed by atoms with Gasteiger partial charge in [0, 0.05) is 6.04 Å². The minimum Gasteiger partial charge on any atom is -0.317 e. The molecule has 1 nitrogen and oxygen atoms in total. The summed E-state index contributed by atoms with van der Waals surface area (Å²) < 4.78 is 0. The summed E-state index contributed by atoms with van der Waals surface area (Å²) >= 11 is 0. The Bertz CT molecular complexity index is 140. The molecular weight excluding hydrogens is 134 g/mol. The first-order chi connectivity index (χ1) is 5.36. The van der Waals surface area contributed by atoms with Gasteiger partial charge in [0.2, 0.25) is 0 Å². The summed E-state index contributed by atoms with van der Waals surface area (Å²) in [5.41, 5.74) is 0. The highest BCUT2D eigenvalue weighted by molar-refractivity contribution is 5.00. The first-order valence-electron chi connectivity index (χ1n) is 5.04. The molecule has 0 aromatic rings. The molecule has 2 fully saturated rings. The van der Waals surface area contributed by atoms with Crippen LogP contribution in [0.2, 0.25) is 0 Å². The molecule has 0 radical (unpaired) electrons. The van der Waals surface area contributed by atoms with E-state index in [4.69, 9.17) is 0 Å².